The van der Waals surface area contributed by atoms with Crippen LogP contribution in [0.15, 0.2) is 0 Å². The number of aliphatic hydroxyl groups is 1. The summed E-state index contributed by atoms with van der Waals surface area (Å²) >= 11 is 0. The first-order valence-corrected chi connectivity index (χ1v) is 11.2. The first-order valence-electron chi connectivity index (χ1n) is 11.2. The molecule has 2 aliphatic rings. The number of alkyl halides is 9. The third-order valence-corrected chi connectivity index (χ3v) is 7.53. The number of carbonyl (C=O) groups excluding carboxylic acids is 1. The van der Waals surface area contributed by atoms with Gasteiger partial charge in [-0.15, -0.1) is 0 Å². The minimum absolute atomic E-state index is 0.0373. The number of hydrogen-bond donors (Lipinski definition) is 1. The predicted octanol–water partition coefficient (Wildman–Crippen LogP) is 6.69. The molecule has 0 aromatic carbocycles. The van der Waals surface area contributed by atoms with Gasteiger partial charge in [-0.1, -0.05) is 13.8 Å². The quantitative estimate of drug-likeness (QED) is 0.318. The second-order valence-electron chi connectivity index (χ2n) is 11.0. The van der Waals surface area contributed by atoms with Crippen LogP contribution in [0, 0.1) is 41.4 Å². The molecule has 2 saturated carbocycles. The lowest BCUT2D eigenvalue weighted by atomic mass is 9.65. The highest BCUT2D eigenvalue weighted by Crippen LogP contribution is 2.63. The minimum Gasteiger partial charge on any atom is -0.459 e. The summed E-state index contributed by atoms with van der Waals surface area (Å²) in [5, 5.41) is 9.92. The highest BCUT2D eigenvalue weighted by molar-refractivity contribution is 5.73. The first-order chi connectivity index (χ1) is 15.0. The van der Waals surface area contributed by atoms with Gasteiger partial charge in [-0.05, 0) is 76.0 Å². The number of esters is 1. The van der Waals surface area contributed by atoms with Crippen molar-refractivity contribution in [2.75, 3.05) is 0 Å². The summed E-state index contributed by atoms with van der Waals surface area (Å²) in [6.07, 6.45) is -17.7. The molecule has 0 aromatic heterocycles. The zero-order valence-electron chi connectivity index (χ0n) is 19.5. The van der Waals surface area contributed by atoms with Crippen LogP contribution in [0.3, 0.4) is 0 Å². The van der Waals surface area contributed by atoms with Crippen molar-refractivity contribution in [3.05, 3.63) is 0 Å². The van der Waals surface area contributed by atoms with E-state index in [0.717, 1.165) is 0 Å². The average molecular weight is 514 g/mol. The van der Waals surface area contributed by atoms with Gasteiger partial charge in [0.05, 0.1) is 0 Å². The molecule has 200 valence electrons. The van der Waals surface area contributed by atoms with Gasteiger partial charge in [0.2, 0.25) is 0 Å². The summed E-state index contributed by atoms with van der Waals surface area (Å²) in [7, 11) is 0. The molecular formula is C22H31F9O3. The zero-order chi connectivity index (χ0) is 26.7. The fourth-order valence-corrected chi connectivity index (χ4v) is 5.82. The SMILES string of the molecule is CC(CC(C(=O)OC(C)(C)C)C(F)(F)F)C(C)C1CC2CC1C(C(O)(C(F)(F)F)C(F)(F)F)C2. The molecule has 0 radical (unpaired) electrons. The Morgan fingerprint density at radius 3 is 1.79 bits per heavy atom. The Morgan fingerprint density at radius 2 is 1.41 bits per heavy atom. The fraction of sp³-hybridized carbons (Fsp3) is 0.955. The summed E-state index contributed by atoms with van der Waals surface area (Å²) in [5.41, 5.74) is -6.06. The number of carbonyl (C=O) groups is 1. The molecule has 2 bridgehead atoms. The molecule has 1 N–H and O–H groups in total. The maximum Gasteiger partial charge on any atom is 0.426 e. The lowest BCUT2D eigenvalue weighted by Gasteiger charge is -2.45. The van der Waals surface area contributed by atoms with E-state index in [0.29, 0.717) is 0 Å². The number of ether oxygens (including phenoxy) is 1. The summed E-state index contributed by atoms with van der Waals surface area (Å²) in [5.74, 6) is -10.0. The molecule has 2 fully saturated rings. The van der Waals surface area contributed by atoms with Crippen molar-refractivity contribution in [2.45, 2.75) is 90.0 Å². The molecule has 12 heteroatoms. The monoisotopic (exact) mass is 514 g/mol. The zero-order valence-corrected chi connectivity index (χ0v) is 19.5. The van der Waals surface area contributed by atoms with Gasteiger partial charge in [-0.25, -0.2) is 0 Å². The van der Waals surface area contributed by atoms with Gasteiger partial charge in [0.25, 0.3) is 5.60 Å². The Hall–Kier alpha value is -1.20. The average Bonchev–Trinajstić information content (AvgIpc) is 3.20. The normalized spacial score (nSPS) is 29.1. The van der Waals surface area contributed by atoms with Gasteiger partial charge in [-0.2, -0.15) is 39.5 Å². The van der Waals surface area contributed by atoms with Crippen molar-refractivity contribution in [3.63, 3.8) is 0 Å². The number of hydrogen-bond acceptors (Lipinski definition) is 3. The Bertz CT molecular complexity index is 722. The van der Waals surface area contributed by atoms with Gasteiger partial charge in [0.1, 0.15) is 5.60 Å². The van der Waals surface area contributed by atoms with Crippen LogP contribution in [0.5, 0.6) is 0 Å². The maximum atomic E-state index is 13.6. The second-order valence-corrected chi connectivity index (χ2v) is 11.0. The van der Waals surface area contributed by atoms with Crippen LogP contribution in [-0.2, 0) is 9.53 Å². The van der Waals surface area contributed by atoms with Crippen LogP contribution in [-0.4, -0.2) is 40.8 Å². The Labute approximate surface area is 192 Å². The molecule has 0 spiro atoms. The molecule has 0 amide bonds. The molecular weight excluding hydrogens is 483 g/mol. The van der Waals surface area contributed by atoms with Crippen LogP contribution in [0.4, 0.5) is 39.5 Å². The number of fused-ring (bicyclic) bond motifs is 2. The van der Waals surface area contributed by atoms with Crippen molar-refractivity contribution in [1.82, 2.24) is 0 Å². The van der Waals surface area contributed by atoms with E-state index in [1.165, 1.54) is 34.6 Å². The topological polar surface area (TPSA) is 46.5 Å². The van der Waals surface area contributed by atoms with Crippen molar-refractivity contribution in [2.24, 2.45) is 41.4 Å². The van der Waals surface area contributed by atoms with Crippen molar-refractivity contribution >= 4 is 5.97 Å². The lowest BCUT2D eigenvalue weighted by Crippen LogP contribution is -2.63. The maximum absolute atomic E-state index is 13.6. The van der Waals surface area contributed by atoms with Crippen LogP contribution < -0.4 is 0 Å². The molecule has 7 atom stereocenters. The molecule has 34 heavy (non-hydrogen) atoms. The van der Waals surface area contributed by atoms with Gasteiger partial charge >= 0.3 is 24.5 Å². The van der Waals surface area contributed by atoms with E-state index in [2.05, 4.69) is 0 Å². The predicted molar refractivity (Wildman–Crippen MR) is 103 cm³/mol. The molecule has 2 rings (SSSR count). The molecule has 7 unspecified atom stereocenters. The van der Waals surface area contributed by atoms with Gasteiger partial charge < -0.3 is 9.84 Å². The van der Waals surface area contributed by atoms with Crippen LogP contribution >= 0.6 is 0 Å². The lowest BCUT2D eigenvalue weighted by molar-refractivity contribution is -0.390. The van der Waals surface area contributed by atoms with Crippen LogP contribution in [0.1, 0.15) is 60.3 Å². The van der Waals surface area contributed by atoms with Crippen molar-refractivity contribution in [1.29, 1.82) is 0 Å². The van der Waals surface area contributed by atoms with Crippen LogP contribution in [0.2, 0.25) is 0 Å². The molecule has 0 aliphatic heterocycles. The summed E-state index contributed by atoms with van der Waals surface area (Å²) in [6, 6.07) is 0. The van der Waals surface area contributed by atoms with Crippen LogP contribution in [0.25, 0.3) is 0 Å². The molecule has 0 saturated heterocycles. The summed E-state index contributed by atoms with van der Waals surface area (Å²) in [4.78, 5) is 12.2. The third-order valence-electron chi connectivity index (χ3n) is 7.53. The van der Waals surface area contributed by atoms with E-state index < -0.39 is 90.0 Å². The van der Waals surface area contributed by atoms with E-state index in [1.807, 2.05) is 0 Å². The molecule has 0 aromatic rings. The first kappa shape index (κ1) is 29.0. The number of rotatable bonds is 6. The smallest absolute Gasteiger partial charge is 0.426 e. The standard InChI is InChI=1S/C22H31F9O3/c1-10(6-16(20(23,24)25)17(32)34-18(3,4)5)11(2)13-7-12-8-14(13)15(9-12)19(33,21(26,27)28)22(29,30)31/h10-16,33H,6-9H2,1-5H3. The van der Waals surface area contributed by atoms with E-state index in [1.54, 1.807) is 0 Å². The Kier molecular flexibility index (Phi) is 7.71. The number of halogens is 9. The van der Waals surface area contributed by atoms with Crippen molar-refractivity contribution in [3.8, 4) is 0 Å². The van der Waals surface area contributed by atoms with E-state index in [4.69, 9.17) is 4.74 Å². The van der Waals surface area contributed by atoms with E-state index in [-0.39, 0.29) is 12.8 Å². The largest absolute Gasteiger partial charge is 0.459 e. The molecule has 0 heterocycles. The van der Waals surface area contributed by atoms with E-state index >= 15 is 0 Å². The van der Waals surface area contributed by atoms with Gasteiger partial charge in [-0.3, -0.25) is 4.79 Å². The highest BCUT2D eigenvalue weighted by Gasteiger charge is 2.76. The van der Waals surface area contributed by atoms with Gasteiger partial charge in [0.15, 0.2) is 5.92 Å². The van der Waals surface area contributed by atoms with E-state index in [9.17, 15) is 49.4 Å². The minimum atomic E-state index is -5.95. The molecule has 3 nitrogen and oxygen atoms in total. The third kappa shape index (κ3) is 5.61. The fourth-order valence-electron chi connectivity index (χ4n) is 5.82. The Balaban J connectivity index is 2.25. The second kappa shape index (κ2) is 9.03. The molecule has 2 aliphatic carbocycles. The van der Waals surface area contributed by atoms with Gasteiger partial charge in [0, 0.05) is 5.92 Å². The van der Waals surface area contributed by atoms with Crippen molar-refractivity contribution < 1.29 is 54.2 Å². The highest BCUT2D eigenvalue weighted by atomic mass is 19.4. The summed E-state index contributed by atoms with van der Waals surface area (Å²) < 4.78 is 126. The summed E-state index contributed by atoms with van der Waals surface area (Å²) in [6.45, 7) is 7.09. The Morgan fingerprint density at radius 1 is 0.912 bits per heavy atom.